The fourth-order valence-electron chi connectivity index (χ4n) is 0.563. The summed E-state index contributed by atoms with van der Waals surface area (Å²) in [5, 5.41) is 19.1. The molecule has 0 aliphatic carbocycles. The van der Waals surface area contributed by atoms with Crippen LogP contribution in [0.4, 0.5) is 13.2 Å². The van der Waals surface area contributed by atoms with E-state index in [1.54, 1.807) is 0 Å². The number of alkyl halides is 3. The summed E-state index contributed by atoms with van der Waals surface area (Å²) in [6, 6.07) is 0. The first-order valence-corrected chi connectivity index (χ1v) is 6.34. The van der Waals surface area contributed by atoms with Crippen LogP contribution in [0.25, 0.3) is 0 Å². The van der Waals surface area contributed by atoms with Crippen LogP contribution in [-0.2, 0) is 9.09 Å². The van der Waals surface area contributed by atoms with E-state index in [1.165, 1.54) is 0 Å². The molecule has 0 unspecified atom stereocenters. The van der Waals surface area contributed by atoms with E-state index >= 15 is 0 Å². The van der Waals surface area contributed by atoms with E-state index in [2.05, 4.69) is 9.84 Å². The Kier molecular flexibility index (Phi) is 11.9. The monoisotopic (exact) mass is 299 g/mol. The van der Waals surface area contributed by atoms with Gasteiger partial charge in [0.25, 0.3) is 0 Å². The molecule has 5 N–H and O–H groups in total. The molecular formula is C7H17F3NO6P. The molecule has 7 nitrogen and oxygen atoms in total. The number of aliphatic hydroxyl groups excluding tert-OH is 2. The van der Waals surface area contributed by atoms with Gasteiger partial charge in [0.05, 0.1) is 26.2 Å². The van der Waals surface area contributed by atoms with E-state index < -0.39 is 27.0 Å². The first kappa shape index (κ1) is 20.1. The lowest BCUT2D eigenvalue weighted by atomic mass is 10.5. The maximum Gasteiger partial charge on any atom is 0.469 e. The second-order valence-corrected chi connectivity index (χ2v) is 4.13. The van der Waals surface area contributed by atoms with Crippen LogP contribution in [0.15, 0.2) is 0 Å². The Morgan fingerprint density at radius 3 is 1.83 bits per heavy atom. The maximum absolute atomic E-state index is 11.3. The van der Waals surface area contributed by atoms with E-state index in [4.69, 9.17) is 20.0 Å². The lowest BCUT2D eigenvalue weighted by Crippen LogP contribution is -2.21. The van der Waals surface area contributed by atoms with Gasteiger partial charge >= 0.3 is 14.0 Å². The molecule has 0 aliphatic heterocycles. The lowest BCUT2D eigenvalue weighted by Gasteiger charge is -2.06. The Balaban J connectivity index is 0. The molecule has 0 heterocycles. The summed E-state index contributed by atoms with van der Waals surface area (Å²) in [4.78, 5) is 15.9. The predicted molar refractivity (Wildman–Crippen MR) is 55.7 cm³/mol. The highest BCUT2D eigenvalue weighted by Gasteiger charge is 2.28. The number of phosphoric ester groups is 1. The summed E-state index contributed by atoms with van der Waals surface area (Å²) in [6.07, 6.45) is -5.81. The van der Waals surface area contributed by atoms with Crippen LogP contribution >= 0.6 is 7.82 Å². The largest absolute Gasteiger partial charge is 0.469 e. The van der Waals surface area contributed by atoms with Crippen LogP contribution in [0.5, 0.6) is 0 Å². The summed E-state index contributed by atoms with van der Waals surface area (Å²) in [5.41, 5.74) is 0. The minimum atomic E-state index is -4.75. The summed E-state index contributed by atoms with van der Waals surface area (Å²) in [6.45, 7) is 0.398. The SMILES string of the molecule is O=P(O)(O)OCCC(F)(F)F.OCCNCCO. The molecule has 0 atom stereocenters. The van der Waals surface area contributed by atoms with E-state index in [9.17, 15) is 17.7 Å². The fraction of sp³-hybridized carbons (Fsp3) is 1.00. The Morgan fingerprint density at radius 2 is 1.56 bits per heavy atom. The van der Waals surface area contributed by atoms with Crippen molar-refractivity contribution >= 4 is 7.82 Å². The molecule has 11 heteroatoms. The third-order valence-corrected chi connectivity index (χ3v) is 1.74. The summed E-state index contributed by atoms with van der Waals surface area (Å²) in [7, 11) is -4.75. The van der Waals surface area contributed by atoms with Gasteiger partial charge in [-0.2, -0.15) is 13.2 Å². The second-order valence-electron chi connectivity index (χ2n) is 2.89. The zero-order valence-electron chi connectivity index (χ0n) is 9.43. The van der Waals surface area contributed by atoms with Crippen LogP contribution in [0, 0.1) is 0 Å². The molecule has 0 aromatic heterocycles. The van der Waals surface area contributed by atoms with Crippen LogP contribution in [0.2, 0.25) is 0 Å². The number of nitrogens with one attached hydrogen (secondary N) is 1. The van der Waals surface area contributed by atoms with Crippen molar-refractivity contribution in [3.05, 3.63) is 0 Å². The number of aliphatic hydroxyl groups is 2. The van der Waals surface area contributed by atoms with Gasteiger partial charge in [-0.3, -0.25) is 4.52 Å². The van der Waals surface area contributed by atoms with Gasteiger partial charge in [-0.25, -0.2) is 4.57 Å². The maximum atomic E-state index is 11.3. The normalized spacial score (nSPS) is 11.9. The van der Waals surface area contributed by atoms with Crippen LogP contribution < -0.4 is 5.32 Å². The average molecular weight is 299 g/mol. The smallest absolute Gasteiger partial charge is 0.395 e. The topological polar surface area (TPSA) is 119 Å². The number of halogens is 3. The zero-order chi connectivity index (χ0) is 14.7. The molecule has 0 radical (unpaired) electrons. The highest BCUT2D eigenvalue weighted by molar-refractivity contribution is 7.46. The summed E-state index contributed by atoms with van der Waals surface area (Å²) < 4.78 is 47.3. The molecule has 112 valence electrons. The van der Waals surface area contributed by atoms with Crippen LogP contribution in [-0.4, -0.2) is 59.1 Å². The third-order valence-electron chi connectivity index (χ3n) is 1.22. The molecule has 0 saturated heterocycles. The standard InChI is InChI=1S/C4H11NO2.C3H6F3O4P/c6-3-1-5-2-4-7;4-3(5,6)1-2-10-11(7,8)9/h5-7H,1-4H2;1-2H2,(H2,7,8,9). The first-order valence-electron chi connectivity index (χ1n) is 4.81. The first-order chi connectivity index (χ1) is 8.12. The van der Waals surface area contributed by atoms with Crippen molar-refractivity contribution < 1.29 is 42.3 Å². The Bertz CT molecular complexity index is 230. The quantitative estimate of drug-likeness (QED) is 0.321. The van der Waals surface area contributed by atoms with E-state index in [-0.39, 0.29) is 13.2 Å². The Morgan fingerprint density at radius 1 is 1.11 bits per heavy atom. The van der Waals surface area contributed by atoms with E-state index in [0.29, 0.717) is 13.1 Å². The van der Waals surface area contributed by atoms with Gasteiger partial charge in [0.2, 0.25) is 0 Å². The Hall–Kier alpha value is -0.220. The van der Waals surface area contributed by atoms with Crippen molar-refractivity contribution in [3.63, 3.8) is 0 Å². The highest BCUT2D eigenvalue weighted by atomic mass is 31.2. The van der Waals surface area contributed by atoms with Crippen LogP contribution in [0.1, 0.15) is 6.42 Å². The molecule has 0 aromatic rings. The van der Waals surface area contributed by atoms with Crippen molar-refractivity contribution in [3.8, 4) is 0 Å². The van der Waals surface area contributed by atoms with Crippen molar-refractivity contribution in [1.29, 1.82) is 0 Å². The lowest BCUT2D eigenvalue weighted by molar-refractivity contribution is -0.140. The van der Waals surface area contributed by atoms with Crippen molar-refractivity contribution in [2.45, 2.75) is 12.6 Å². The van der Waals surface area contributed by atoms with Crippen molar-refractivity contribution in [2.24, 2.45) is 0 Å². The third kappa shape index (κ3) is 24.8. The second kappa shape index (κ2) is 10.7. The van der Waals surface area contributed by atoms with Gasteiger partial charge in [0, 0.05) is 13.1 Å². The average Bonchev–Trinajstić information content (AvgIpc) is 2.15. The van der Waals surface area contributed by atoms with Gasteiger partial charge in [-0.05, 0) is 0 Å². The number of rotatable bonds is 7. The Labute approximate surface area is 102 Å². The number of hydrogen-bond donors (Lipinski definition) is 5. The number of hydrogen-bond acceptors (Lipinski definition) is 5. The minimum Gasteiger partial charge on any atom is -0.395 e. The molecule has 0 amide bonds. The van der Waals surface area contributed by atoms with E-state index in [0.717, 1.165) is 0 Å². The van der Waals surface area contributed by atoms with Gasteiger partial charge in [-0.15, -0.1) is 0 Å². The minimum absolute atomic E-state index is 0.139. The molecule has 0 aromatic carbocycles. The van der Waals surface area contributed by atoms with Crippen molar-refractivity contribution in [1.82, 2.24) is 5.32 Å². The fourth-order valence-corrected chi connectivity index (χ4v) is 0.893. The zero-order valence-corrected chi connectivity index (χ0v) is 10.3. The molecule has 0 saturated carbocycles. The summed E-state index contributed by atoms with van der Waals surface area (Å²) in [5.74, 6) is 0. The van der Waals surface area contributed by atoms with Gasteiger partial charge in [0.1, 0.15) is 0 Å². The highest BCUT2D eigenvalue weighted by Crippen LogP contribution is 2.36. The van der Waals surface area contributed by atoms with Gasteiger partial charge < -0.3 is 25.3 Å². The molecule has 0 aliphatic rings. The number of phosphoric acid groups is 1. The molecule has 18 heavy (non-hydrogen) atoms. The summed E-state index contributed by atoms with van der Waals surface area (Å²) >= 11 is 0. The predicted octanol–water partition coefficient (Wildman–Crippen LogP) is -0.391. The molecule has 0 spiro atoms. The van der Waals surface area contributed by atoms with E-state index in [1.807, 2.05) is 0 Å². The van der Waals surface area contributed by atoms with Gasteiger partial charge in [-0.1, -0.05) is 0 Å². The molecule has 0 rings (SSSR count). The van der Waals surface area contributed by atoms with Crippen LogP contribution in [0.3, 0.4) is 0 Å². The molecule has 0 bridgehead atoms. The molecule has 0 fully saturated rings. The van der Waals surface area contributed by atoms with Crippen molar-refractivity contribution in [2.75, 3.05) is 32.9 Å². The van der Waals surface area contributed by atoms with Gasteiger partial charge in [0.15, 0.2) is 0 Å². The molecular weight excluding hydrogens is 282 g/mol.